The van der Waals surface area contributed by atoms with Gasteiger partial charge in [0.15, 0.2) is 0 Å². The number of carbonyl (C=O) groups is 2. The Morgan fingerprint density at radius 3 is 2.85 bits per heavy atom. The van der Waals surface area contributed by atoms with Crippen molar-refractivity contribution in [1.29, 1.82) is 5.26 Å². The highest BCUT2D eigenvalue weighted by atomic mass is 79.9. The molecule has 1 atom stereocenters. The van der Waals surface area contributed by atoms with E-state index in [0.717, 1.165) is 0 Å². The molecule has 7 heteroatoms. The zero-order chi connectivity index (χ0) is 14.7. The molecule has 0 aromatic heterocycles. The molecule has 1 aliphatic heterocycles. The first-order valence-electron chi connectivity index (χ1n) is 6.03. The first-order valence-corrected chi connectivity index (χ1v) is 6.82. The lowest BCUT2D eigenvalue weighted by atomic mass is 10.2. The highest BCUT2D eigenvalue weighted by Crippen LogP contribution is 2.25. The molecule has 1 aromatic carbocycles. The smallest absolute Gasteiger partial charge is 0.326 e. The largest absolute Gasteiger partial charge is 0.480 e. The number of anilines is 1. The highest BCUT2D eigenvalue weighted by molar-refractivity contribution is 9.10. The van der Waals surface area contributed by atoms with Gasteiger partial charge in [0.2, 0.25) is 0 Å². The second-order valence-electron chi connectivity index (χ2n) is 4.43. The normalized spacial score (nSPS) is 17.6. The lowest BCUT2D eigenvalue weighted by molar-refractivity contribution is -0.141. The zero-order valence-corrected chi connectivity index (χ0v) is 12.1. The molecule has 1 aromatic rings. The number of amides is 2. The number of benzene rings is 1. The summed E-state index contributed by atoms with van der Waals surface area (Å²) in [6, 6.07) is 5.56. The standard InChI is InChI=1S/C13H12BrN3O3/c14-9-6-8(7-15)3-4-10(9)16-13(20)17-5-1-2-11(17)12(18)19/h3-4,6,11H,1-2,5H2,(H,16,20)(H,18,19). The summed E-state index contributed by atoms with van der Waals surface area (Å²) in [5.74, 6) is -0.989. The fourth-order valence-corrected chi connectivity index (χ4v) is 2.62. The number of carbonyl (C=O) groups excluding carboxylic acids is 1. The van der Waals surface area contributed by atoms with Crippen molar-refractivity contribution in [3.05, 3.63) is 28.2 Å². The molecular formula is C13H12BrN3O3. The van der Waals surface area contributed by atoms with Crippen molar-refractivity contribution in [2.75, 3.05) is 11.9 Å². The summed E-state index contributed by atoms with van der Waals surface area (Å²) >= 11 is 3.27. The minimum absolute atomic E-state index is 0.427. The number of nitrogens with zero attached hydrogens (tertiary/aromatic N) is 2. The number of nitrogens with one attached hydrogen (secondary N) is 1. The summed E-state index contributed by atoms with van der Waals surface area (Å²) in [6.45, 7) is 0.427. The van der Waals surface area contributed by atoms with Crippen LogP contribution < -0.4 is 5.32 Å². The number of hydrogen-bond donors (Lipinski definition) is 2. The van der Waals surface area contributed by atoms with E-state index in [1.807, 2.05) is 6.07 Å². The lowest BCUT2D eigenvalue weighted by Crippen LogP contribution is -2.42. The number of aliphatic carboxylic acids is 1. The molecule has 1 unspecified atom stereocenters. The molecule has 0 saturated carbocycles. The number of urea groups is 1. The zero-order valence-electron chi connectivity index (χ0n) is 10.5. The minimum Gasteiger partial charge on any atom is -0.480 e. The Morgan fingerprint density at radius 1 is 1.50 bits per heavy atom. The van der Waals surface area contributed by atoms with E-state index in [-0.39, 0.29) is 0 Å². The summed E-state index contributed by atoms with van der Waals surface area (Å²) in [4.78, 5) is 24.5. The van der Waals surface area contributed by atoms with Crippen molar-refractivity contribution in [2.24, 2.45) is 0 Å². The van der Waals surface area contributed by atoms with Crippen LogP contribution in [-0.2, 0) is 4.79 Å². The molecule has 2 amide bonds. The van der Waals surface area contributed by atoms with E-state index in [1.54, 1.807) is 18.2 Å². The van der Waals surface area contributed by atoms with Crippen molar-refractivity contribution < 1.29 is 14.7 Å². The van der Waals surface area contributed by atoms with Crippen LogP contribution in [0.4, 0.5) is 10.5 Å². The van der Waals surface area contributed by atoms with Crippen LogP contribution in [0.3, 0.4) is 0 Å². The van der Waals surface area contributed by atoms with Gasteiger partial charge in [-0.25, -0.2) is 9.59 Å². The van der Waals surface area contributed by atoms with Crippen LogP contribution in [0, 0.1) is 11.3 Å². The average Bonchev–Trinajstić information content (AvgIpc) is 2.90. The first-order chi connectivity index (χ1) is 9.52. The topological polar surface area (TPSA) is 93.4 Å². The molecule has 1 saturated heterocycles. The quantitative estimate of drug-likeness (QED) is 0.866. The van der Waals surface area contributed by atoms with Crippen molar-refractivity contribution in [3.8, 4) is 6.07 Å². The Morgan fingerprint density at radius 2 is 2.25 bits per heavy atom. The Kier molecular flexibility index (Phi) is 4.25. The number of carboxylic acid groups (broad SMARTS) is 1. The van der Waals surface area contributed by atoms with Crippen LogP contribution >= 0.6 is 15.9 Å². The van der Waals surface area contributed by atoms with Gasteiger partial charge >= 0.3 is 12.0 Å². The van der Waals surface area contributed by atoms with Crippen molar-refractivity contribution >= 4 is 33.6 Å². The van der Waals surface area contributed by atoms with Crippen LogP contribution in [0.15, 0.2) is 22.7 Å². The summed E-state index contributed by atoms with van der Waals surface area (Å²) in [5, 5.41) is 20.5. The van der Waals surface area contributed by atoms with Crippen LogP contribution in [0.1, 0.15) is 18.4 Å². The van der Waals surface area contributed by atoms with Gasteiger partial charge in [-0.05, 0) is 47.0 Å². The SMILES string of the molecule is N#Cc1ccc(NC(=O)N2CCCC2C(=O)O)c(Br)c1. The maximum Gasteiger partial charge on any atom is 0.326 e. The van der Waals surface area contributed by atoms with Gasteiger partial charge in [0.05, 0.1) is 17.3 Å². The van der Waals surface area contributed by atoms with Crippen LogP contribution in [0.2, 0.25) is 0 Å². The van der Waals surface area contributed by atoms with Gasteiger partial charge < -0.3 is 15.3 Å². The Labute approximate surface area is 124 Å². The molecular weight excluding hydrogens is 326 g/mol. The molecule has 0 spiro atoms. The van der Waals surface area contributed by atoms with Gasteiger partial charge in [-0.3, -0.25) is 0 Å². The molecule has 20 heavy (non-hydrogen) atoms. The molecule has 0 radical (unpaired) electrons. The predicted octanol–water partition coefficient (Wildman–Crippen LogP) is 2.40. The second-order valence-corrected chi connectivity index (χ2v) is 5.28. The molecule has 0 bridgehead atoms. The van der Waals surface area contributed by atoms with Crippen molar-refractivity contribution in [3.63, 3.8) is 0 Å². The second kappa shape index (κ2) is 5.92. The molecule has 2 N–H and O–H groups in total. The van der Waals surface area contributed by atoms with E-state index in [9.17, 15) is 9.59 Å². The monoisotopic (exact) mass is 337 g/mol. The summed E-state index contributed by atoms with van der Waals surface area (Å²) in [6.07, 6.45) is 1.15. The number of carboxylic acids is 1. The molecule has 1 aliphatic rings. The molecule has 6 nitrogen and oxygen atoms in total. The Hall–Kier alpha value is -2.07. The highest BCUT2D eigenvalue weighted by Gasteiger charge is 2.34. The molecule has 1 fully saturated rings. The summed E-state index contributed by atoms with van der Waals surface area (Å²) in [7, 11) is 0. The fraction of sp³-hybridized carbons (Fsp3) is 0.308. The maximum absolute atomic E-state index is 12.1. The Balaban J connectivity index is 2.12. The number of halogens is 1. The lowest BCUT2D eigenvalue weighted by Gasteiger charge is -2.22. The van der Waals surface area contributed by atoms with Crippen molar-refractivity contribution in [2.45, 2.75) is 18.9 Å². The van der Waals surface area contributed by atoms with E-state index >= 15 is 0 Å². The minimum atomic E-state index is -0.989. The first kappa shape index (κ1) is 14.3. The Bertz CT molecular complexity index is 597. The number of hydrogen-bond acceptors (Lipinski definition) is 3. The van der Waals surface area contributed by atoms with Gasteiger partial charge in [0.1, 0.15) is 6.04 Å². The van der Waals surface area contributed by atoms with Gasteiger partial charge in [-0.1, -0.05) is 0 Å². The van der Waals surface area contributed by atoms with Crippen molar-refractivity contribution in [1.82, 2.24) is 4.90 Å². The van der Waals surface area contributed by atoms with Gasteiger partial charge in [0.25, 0.3) is 0 Å². The van der Waals surface area contributed by atoms with Gasteiger partial charge in [-0.15, -0.1) is 0 Å². The van der Waals surface area contributed by atoms with E-state index in [2.05, 4.69) is 21.2 Å². The van der Waals surface area contributed by atoms with E-state index in [1.165, 1.54) is 4.90 Å². The van der Waals surface area contributed by atoms with Crippen LogP contribution in [-0.4, -0.2) is 34.6 Å². The molecule has 2 rings (SSSR count). The summed E-state index contributed by atoms with van der Waals surface area (Å²) < 4.78 is 0.580. The predicted molar refractivity (Wildman–Crippen MR) is 75.2 cm³/mol. The van der Waals surface area contributed by atoms with Gasteiger partial charge in [-0.2, -0.15) is 5.26 Å². The molecule has 104 valence electrons. The fourth-order valence-electron chi connectivity index (χ4n) is 2.14. The molecule has 0 aliphatic carbocycles. The third kappa shape index (κ3) is 2.91. The van der Waals surface area contributed by atoms with Crippen LogP contribution in [0.25, 0.3) is 0 Å². The number of likely N-dealkylation sites (tertiary alicyclic amines) is 1. The van der Waals surface area contributed by atoms with E-state index < -0.39 is 18.0 Å². The maximum atomic E-state index is 12.1. The van der Waals surface area contributed by atoms with E-state index in [4.69, 9.17) is 10.4 Å². The van der Waals surface area contributed by atoms with E-state index in [0.29, 0.717) is 35.1 Å². The third-order valence-corrected chi connectivity index (χ3v) is 3.79. The average molecular weight is 338 g/mol. The number of rotatable bonds is 2. The third-order valence-electron chi connectivity index (χ3n) is 3.14. The number of nitriles is 1. The molecule has 1 heterocycles. The summed E-state index contributed by atoms with van der Waals surface area (Å²) in [5.41, 5.74) is 0.976. The van der Waals surface area contributed by atoms with Crippen LogP contribution in [0.5, 0.6) is 0 Å². The van der Waals surface area contributed by atoms with Gasteiger partial charge in [0, 0.05) is 11.0 Å².